The maximum atomic E-state index is 9.46. The number of nitrogens with zero attached hydrogens (tertiary/aromatic N) is 1. The summed E-state index contributed by atoms with van der Waals surface area (Å²) in [6, 6.07) is 6.37. The minimum Gasteiger partial charge on any atom is -0.395 e. The predicted octanol–water partition coefficient (Wildman–Crippen LogP) is 3.07. The highest BCUT2D eigenvalue weighted by molar-refractivity contribution is 6.35. The molecule has 1 aliphatic heterocycles. The standard InChI is InChI=1S/C18H26ClN3O/c1-13-15-6-4-7-16(19)18(15)21-17(13)11-20-8-10-22-9-3-2-5-14(22)12-23/h4,6-7,14,20-21,23H,2-3,5,8-12H2,1H3/t14-/m1/s1. The highest BCUT2D eigenvalue weighted by atomic mass is 35.5. The van der Waals surface area contributed by atoms with Crippen molar-refractivity contribution in [3.63, 3.8) is 0 Å². The molecule has 2 heterocycles. The summed E-state index contributed by atoms with van der Waals surface area (Å²) in [5, 5.41) is 15.0. The molecule has 126 valence electrons. The number of likely N-dealkylation sites (tertiary alicyclic amines) is 1. The number of hydrogen-bond donors (Lipinski definition) is 3. The van der Waals surface area contributed by atoms with Gasteiger partial charge in [-0.25, -0.2) is 0 Å². The van der Waals surface area contributed by atoms with Crippen molar-refractivity contribution in [2.24, 2.45) is 0 Å². The molecule has 0 saturated carbocycles. The number of aromatic amines is 1. The normalized spacial score (nSPS) is 19.5. The van der Waals surface area contributed by atoms with Gasteiger partial charge in [0.1, 0.15) is 0 Å². The molecule has 0 amide bonds. The molecule has 0 bridgehead atoms. The average Bonchev–Trinajstić information content (AvgIpc) is 2.90. The second-order valence-electron chi connectivity index (χ2n) is 6.44. The zero-order valence-corrected chi connectivity index (χ0v) is 14.5. The summed E-state index contributed by atoms with van der Waals surface area (Å²) in [4.78, 5) is 5.85. The first kappa shape index (κ1) is 16.8. The molecule has 1 aromatic heterocycles. The van der Waals surface area contributed by atoms with Gasteiger partial charge >= 0.3 is 0 Å². The second kappa shape index (κ2) is 7.67. The van der Waals surface area contributed by atoms with Crippen LogP contribution in [0.2, 0.25) is 5.02 Å². The molecule has 3 N–H and O–H groups in total. The van der Waals surface area contributed by atoms with Gasteiger partial charge in [-0.05, 0) is 37.9 Å². The third-order valence-corrected chi connectivity index (χ3v) is 5.30. The minimum absolute atomic E-state index is 0.277. The lowest BCUT2D eigenvalue weighted by molar-refractivity contribution is 0.0910. The first-order chi connectivity index (χ1) is 11.2. The van der Waals surface area contributed by atoms with Crippen molar-refractivity contribution in [3.8, 4) is 0 Å². The lowest BCUT2D eigenvalue weighted by atomic mass is 10.0. The van der Waals surface area contributed by atoms with E-state index in [4.69, 9.17) is 11.6 Å². The van der Waals surface area contributed by atoms with Gasteiger partial charge in [0.25, 0.3) is 0 Å². The molecule has 1 atom stereocenters. The van der Waals surface area contributed by atoms with Crippen LogP contribution in [0.4, 0.5) is 0 Å². The van der Waals surface area contributed by atoms with Crippen LogP contribution in [0.1, 0.15) is 30.5 Å². The molecular weight excluding hydrogens is 310 g/mol. The summed E-state index contributed by atoms with van der Waals surface area (Å²) in [7, 11) is 0. The first-order valence-electron chi connectivity index (χ1n) is 8.52. The van der Waals surface area contributed by atoms with E-state index < -0.39 is 0 Å². The average molecular weight is 336 g/mol. The smallest absolute Gasteiger partial charge is 0.0648 e. The predicted molar refractivity (Wildman–Crippen MR) is 96.1 cm³/mol. The van der Waals surface area contributed by atoms with E-state index in [1.807, 2.05) is 12.1 Å². The van der Waals surface area contributed by atoms with Gasteiger partial charge in [-0.2, -0.15) is 0 Å². The van der Waals surface area contributed by atoms with Crippen molar-refractivity contribution in [2.75, 3.05) is 26.2 Å². The Morgan fingerprint density at radius 3 is 3.04 bits per heavy atom. The van der Waals surface area contributed by atoms with Gasteiger partial charge in [0.05, 0.1) is 17.1 Å². The van der Waals surface area contributed by atoms with Crippen LogP contribution >= 0.6 is 11.6 Å². The van der Waals surface area contributed by atoms with Crippen LogP contribution in [0.25, 0.3) is 10.9 Å². The monoisotopic (exact) mass is 335 g/mol. The highest BCUT2D eigenvalue weighted by Gasteiger charge is 2.20. The number of benzene rings is 1. The molecule has 1 saturated heterocycles. The maximum absolute atomic E-state index is 9.46. The Hall–Kier alpha value is -1.07. The fourth-order valence-electron chi connectivity index (χ4n) is 3.54. The lowest BCUT2D eigenvalue weighted by Gasteiger charge is -2.34. The van der Waals surface area contributed by atoms with Crippen LogP contribution < -0.4 is 5.32 Å². The van der Waals surface area contributed by atoms with Gasteiger partial charge in [0.15, 0.2) is 0 Å². The summed E-state index contributed by atoms with van der Waals surface area (Å²) in [5.41, 5.74) is 3.49. The van der Waals surface area contributed by atoms with Crippen molar-refractivity contribution < 1.29 is 5.11 Å². The van der Waals surface area contributed by atoms with Gasteiger partial charge in [0, 0.05) is 36.8 Å². The molecule has 5 heteroatoms. The second-order valence-corrected chi connectivity index (χ2v) is 6.84. The summed E-state index contributed by atoms with van der Waals surface area (Å²) in [5.74, 6) is 0. The zero-order chi connectivity index (χ0) is 16.2. The molecule has 0 radical (unpaired) electrons. The molecule has 1 aromatic carbocycles. The van der Waals surface area contributed by atoms with Gasteiger partial charge < -0.3 is 15.4 Å². The number of piperidine rings is 1. The van der Waals surface area contributed by atoms with Gasteiger partial charge in [0.2, 0.25) is 0 Å². The summed E-state index contributed by atoms with van der Waals surface area (Å²) >= 11 is 6.26. The van der Waals surface area contributed by atoms with E-state index in [0.29, 0.717) is 6.04 Å². The van der Waals surface area contributed by atoms with E-state index in [2.05, 4.69) is 28.2 Å². The van der Waals surface area contributed by atoms with Crippen molar-refractivity contribution in [2.45, 2.75) is 38.8 Å². The quantitative estimate of drug-likeness (QED) is 0.711. The molecule has 4 nitrogen and oxygen atoms in total. The summed E-state index contributed by atoms with van der Waals surface area (Å²) in [6.45, 7) is 6.25. The Bertz CT molecular complexity index is 655. The number of hydrogen-bond acceptors (Lipinski definition) is 3. The number of halogens is 1. The van der Waals surface area contributed by atoms with E-state index in [-0.39, 0.29) is 6.61 Å². The number of H-pyrrole nitrogens is 1. The maximum Gasteiger partial charge on any atom is 0.0648 e. The molecule has 1 aliphatic rings. The number of aliphatic hydroxyl groups is 1. The van der Waals surface area contributed by atoms with E-state index in [9.17, 15) is 5.11 Å². The Morgan fingerprint density at radius 2 is 2.26 bits per heavy atom. The molecular formula is C18H26ClN3O. The molecule has 23 heavy (non-hydrogen) atoms. The Morgan fingerprint density at radius 1 is 1.39 bits per heavy atom. The number of aryl methyl sites for hydroxylation is 1. The van der Waals surface area contributed by atoms with Gasteiger partial charge in [-0.3, -0.25) is 4.90 Å². The SMILES string of the molecule is Cc1c(CNCCN2CCCC[C@@H]2CO)[nH]c2c(Cl)cccc12. The van der Waals surface area contributed by atoms with E-state index >= 15 is 0 Å². The van der Waals surface area contributed by atoms with Gasteiger partial charge in [-0.1, -0.05) is 30.2 Å². The van der Waals surface area contributed by atoms with E-state index in [1.165, 1.54) is 29.5 Å². The number of rotatable bonds is 6. The molecule has 3 rings (SSSR count). The van der Waals surface area contributed by atoms with Crippen molar-refractivity contribution in [3.05, 3.63) is 34.5 Å². The van der Waals surface area contributed by atoms with Crippen LogP contribution in [0.5, 0.6) is 0 Å². The summed E-state index contributed by atoms with van der Waals surface area (Å²) < 4.78 is 0. The Labute approximate surface area is 142 Å². The van der Waals surface area contributed by atoms with Crippen LogP contribution in [0.3, 0.4) is 0 Å². The van der Waals surface area contributed by atoms with Crippen LogP contribution in [0, 0.1) is 6.92 Å². The third-order valence-electron chi connectivity index (χ3n) is 4.98. The van der Waals surface area contributed by atoms with Crippen LogP contribution in [0.15, 0.2) is 18.2 Å². The summed E-state index contributed by atoms with van der Waals surface area (Å²) in [6.07, 6.45) is 3.61. The molecule has 0 unspecified atom stereocenters. The van der Waals surface area contributed by atoms with Crippen molar-refractivity contribution in [1.29, 1.82) is 0 Å². The number of aromatic nitrogens is 1. The molecule has 1 fully saturated rings. The fourth-order valence-corrected chi connectivity index (χ4v) is 3.77. The molecule has 0 spiro atoms. The number of para-hydroxylation sites is 1. The largest absolute Gasteiger partial charge is 0.395 e. The molecule has 2 aromatic rings. The third kappa shape index (κ3) is 3.72. The Kier molecular flexibility index (Phi) is 5.59. The number of fused-ring (bicyclic) bond motifs is 1. The number of aliphatic hydroxyl groups excluding tert-OH is 1. The van der Waals surface area contributed by atoms with Crippen molar-refractivity contribution >= 4 is 22.5 Å². The first-order valence-corrected chi connectivity index (χ1v) is 8.90. The van der Waals surface area contributed by atoms with Gasteiger partial charge in [-0.15, -0.1) is 0 Å². The zero-order valence-electron chi connectivity index (χ0n) is 13.7. The van der Waals surface area contributed by atoms with Crippen molar-refractivity contribution in [1.82, 2.24) is 15.2 Å². The van der Waals surface area contributed by atoms with Crippen LogP contribution in [-0.4, -0.2) is 47.3 Å². The lowest BCUT2D eigenvalue weighted by Crippen LogP contribution is -2.44. The topological polar surface area (TPSA) is 51.3 Å². The number of nitrogens with one attached hydrogen (secondary N) is 2. The highest BCUT2D eigenvalue weighted by Crippen LogP contribution is 2.27. The Balaban J connectivity index is 1.55. The minimum atomic E-state index is 0.277. The van der Waals surface area contributed by atoms with E-state index in [1.54, 1.807) is 0 Å². The van der Waals surface area contributed by atoms with E-state index in [0.717, 1.165) is 43.1 Å². The fraction of sp³-hybridized carbons (Fsp3) is 0.556. The van der Waals surface area contributed by atoms with Crippen LogP contribution in [-0.2, 0) is 6.54 Å². The molecule has 0 aliphatic carbocycles.